The fraction of sp³-hybridized carbons (Fsp3) is 0.250. The third kappa shape index (κ3) is 2.88. The van der Waals surface area contributed by atoms with E-state index >= 15 is 0 Å². The third-order valence-corrected chi connectivity index (χ3v) is 3.50. The molecule has 104 valence electrons. The van der Waals surface area contributed by atoms with E-state index in [2.05, 4.69) is 0 Å². The van der Waals surface area contributed by atoms with Gasteiger partial charge in [0.15, 0.2) is 0 Å². The summed E-state index contributed by atoms with van der Waals surface area (Å²) in [5, 5.41) is 0.226. The molecule has 20 heavy (non-hydrogen) atoms. The van der Waals surface area contributed by atoms with Gasteiger partial charge in [0.2, 0.25) is 11.6 Å². The number of unbranched alkanes of at least 4 members (excludes halogenated alkanes) is 1. The Kier molecular flexibility index (Phi) is 4.50. The number of ketones is 2. The van der Waals surface area contributed by atoms with Gasteiger partial charge in [0, 0.05) is 11.1 Å². The summed E-state index contributed by atoms with van der Waals surface area (Å²) in [6.07, 6.45) is 4.97. The van der Waals surface area contributed by atoms with Crippen LogP contribution < -0.4 is 0 Å². The molecule has 0 amide bonds. The highest BCUT2D eigenvalue weighted by Gasteiger charge is 2.24. The van der Waals surface area contributed by atoms with Crippen LogP contribution in [-0.4, -0.2) is 11.6 Å². The topological polar surface area (TPSA) is 34.1 Å². The minimum Gasteiger partial charge on any atom is -0.286 e. The van der Waals surface area contributed by atoms with Crippen LogP contribution in [0.1, 0.15) is 31.7 Å². The molecule has 0 fully saturated rings. The summed E-state index contributed by atoms with van der Waals surface area (Å²) in [6.45, 7) is 2.00. The fourth-order valence-corrected chi connectivity index (χ4v) is 2.40. The molecule has 0 N–H and O–H groups in total. The Bertz CT molecular complexity index is 609. The van der Waals surface area contributed by atoms with E-state index in [0.717, 1.165) is 18.9 Å². The molecule has 0 atom stereocenters. The van der Waals surface area contributed by atoms with E-state index in [-0.39, 0.29) is 10.6 Å². The quantitative estimate of drug-likeness (QED) is 0.617. The van der Waals surface area contributed by atoms with E-state index in [0.29, 0.717) is 17.6 Å². The molecular weight excluding hydrogens is 279 g/mol. The first kappa shape index (κ1) is 14.7. The van der Waals surface area contributed by atoms with Gasteiger partial charge in [-0.25, -0.2) is 4.39 Å². The normalized spacial score (nSPS) is 15.2. The van der Waals surface area contributed by atoms with E-state index in [4.69, 9.17) is 11.6 Å². The van der Waals surface area contributed by atoms with Gasteiger partial charge in [-0.2, -0.15) is 0 Å². The Morgan fingerprint density at radius 1 is 1.20 bits per heavy atom. The largest absolute Gasteiger partial charge is 0.286 e. The summed E-state index contributed by atoms with van der Waals surface area (Å²) in [4.78, 5) is 23.5. The minimum absolute atomic E-state index is 0.170. The number of Topliss-reactive ketones (excluding diaryl/α,β-unsaturated/α-hetero) is 1. The molecule has 0 bridgehead atoms. The summed E-state index contributed by atoms with van der Waals surface area (Å²) in [6, 6.07) is 4.34. The molecule has 0 heterocycles. The molecule has 0 saturated carbocycles. The van der Waals surface area contributed by atoms with E-state index in [1.165, 1.54) is 12.1 Å². The second-order valence-corrected chi connectivity index (χ2v) is 5.07. The van der Waals surface area contributed by atoms with Crippen LogP contribution >= 0.6 is 11.6 Å². The van der Waals surface area contributed by atoms with Crippen molar-refractivity contribution in [2.75, 3.05) is 0 Å². The average Bonchev–Trinajstić information content (AvgIpc) is 2.40. The lowest BCUT2D eigenvalue weighted by molar-refractivity contribution is -0.131. The van der Waals surface area contributed by atoms with Crippen molar-refractivity contribution in [3.8, 4) is 0 Å². The van der Waals surface area contributed by atoms with Crippen molar-refractivity contribution in [2.45, 2.75) is 26.2 Å². The average molecular weight is 293 g/mol. The van der Waals surface area contributed by atoms with Crippen molar-refractivity contribution in [2.24, 2.45) is 0 Å². The number of carbonyl (C=O) groups excluding carboxylic acids is 2. The van der Waals surface area contributed by atoms with Crippen LogP contribution in [0, 0.1) is 5.82 Å². The van der Waals surface area contributed by atoms with Crippen LogP contribution in [0.2, 0.25) is 5.02 Å². The molecule has 4 heteroatoms. The minimum atomic E-state index is -0.618. The van der Waals surface area contributed by atoms with Gasteiger partial charge in [0.25, 0.3) is 0 Å². The molecule has 0 radical (unpaired) electrons. The van der Waals surface area contributed by atoms with Crippen molar-refractivity contribution in [1.29, 1.82) is 0 Å². The van der Waals surface area contributed by atoms with Crippen molar-refractivity contribution in [3.05, 3.63) is 52.3 Å². The molecule has 0 saturated heterocycles. The number of allylic oxidation sites excluding steroid dienone is 4. The van der Waals surface area contributed by atoms with Crippen molar-refractivity contribution >= 4 is 28.7 Å². The molecule has 0 unspecified atom stereocenters. The van der Waals surface area contributed by atoms with Gasteiger partial charge in [-0.15, -0.1) is 0 Å². The SMILES string of the molecule is CCCCC1=CC(c2c(F)cccc2Cl)=CC(=O)C1=O. The monoisotopic (exact) mass is 292 g/mol. The van der Waals surface area contributed by atoms with Gasteiger partial charge in [-0.05, 0) is 42.7 Å². The molecular formula is C16H14ClFO2. The van der Waals surface area contributed by atoms with Crippen LogP contribution in [-0.2, 0) is 9.59 Å². The predicted molar refractivity (Wildman–Crippen MR) is 77.0 cm³/mol. The number of benzene rings is 1. The fourth-order valence-electron chi connectivity index (χ4n) is 2.13. The molecule has 1 aromatic carbocycles. The highest BCUT2D eigenvalue weighted by atomic mass is 35.5. The van der Waals surface area contributed by atoms with Gasteiger partial charge in [-0.3, -0.25) is 9.59 Å². The van der Waals surface area contributed by atoms with Crippen LogP contribution in [0.5, 0.6) is 0 Å². The number of halogens is 2. The molecule has 1 aliphatic carbocycles. The van der Waals surface area contributed by atoms with Crippen LogP contribution in [0.4, 0.5) is 4.39 Å². The van der Waals surface area contributed by atoms with Gasteiger partial charge < -0.3 is 0 Å². The van der Waals surface area contributed by atoms with Crippen LogP contribution in [0.3, 0.4) is 0 Å². The van der Waals surface area contributed by atoms with E-state index in [1.807, 2.05) is 6.92 Å². The molecule has 1 aromatic rings. The smallest absolute Gasteiger partial charge is 0.228 e. The van der Waals surface area contributed by atoms with Crippen molar-refractivity contribution < 1.29 is 14.0 Å². The third-order valence-electron chi connectivity index (χ3n) is 3.18. The summed E-state index contributed by atoms with van der Waals surface area (Å²) in [7, 11) is 0. The zero-order valence-electron chi connectivity index (χ0n) is 11.1. The van der Waals surface area contributed by atoms with Crippen LogP contribution in [0.15, 0.2) is 35.9 Å². The predicted octanol–water partition coefficient (Wildman–Crippen LogP) is 4.13. The summed E-state index contributed by atoms with van der Waals surface area (Å²) >= 11 is 5.99. The van der Waals surface area contributed by atoms with Crippen molar-refractivity contribution in [3.63, 3.8) is 0 Å². The van der Waals surface area contributed by atoms with Gasteiger partial charge in [0.05, 0.1) is 5.02 Å². The molecule has 0 spiro atoms. The summed E-state index contributed by atoms with van der Waals surface area (Å²) in [5.41, 5.74) is 0.960. The Hall–Kier alpha value is -1.74. The van der Waals surface area contributed by atoms with E-state index in [9.17, 15) is 14.0 Å². The second-order valence-electron chi connectivity index (χ2n) is 4.66. The van der Waals surface area contributed by atoms with Gasteiger partial charge >= 0.3 is 0 Å². The molecule has 2 rings (SSSR count). The Morgan fingerprint density at radius 2 is 1.95 bits per heavy atom. The molecule has 1 aliphatic rings. The first-order chi connectivity index (χ1) is 9.54. The second kappa shape index (κ2) is 6.14. The highest BCUT2D eigenvalue weighted by molar-refractivity contribution is 6.50. The first-order valence-corrected chi connectivity index (χ1v) is 6.87. The summed E-state index contributed by atoms with van der Waals surface area (Å²) in [5.74, 6) is -1.63. The van der Waals surface area contributed by atoms with Gasteiger partial charge in [0.1, 0.15) is 5.82 Å². The summed E-state index contributed by atoms with van der Waals surface area (Å²) < 4.78 is 13.9. The zero-order chi connectivity index (χ0) is 14.7. The lowest BCUT2D eigenvalue weighted by Gasteiger charge is -2.14. The number of rotatable bonds is 4. The van der Waals surface area contributed by atoms with Gasteiger partial charge in [-0.1, -0.05) is 31.0 Å². The lowest BCUT2D eigenvalue weighted by atomic mass is 9.90. The Morgan fingerprint density at radius 3 is 2.60 bits per heavy atom. The standard InChI is InChI=1S/C16H14ClFO2/c1-2-3-5-10-8-11(9-14(19)16(10)20)15-12(17)6-4-7-13(15)18/h4,6-9H,2-3,5H2,1H3. The highest BCUT2D eigenvalue weighted by Crippen LogP contribution is 2.31. The molecule has 0 aromatic heterocycles. The number of carbonyl (C=O) groups is 2. The first-order valence-electron chi connectivity index (χ1n) is 6.50. The maximum Gasteiger partial charge on any atom is 0.228 e. The lowest BCUT2D eigenvalue weighted by Crippen LogP contribution is -2.18. The van der Waals surface area contributed by atoms with E-state index in [1.54, 1.807) is 12.1 Å². The van der Waals surface area contributed by atoms with Crippen molar-refractivity contribution in [1.82, 2.24) is 0 Å². The van der Waals surface area contributed by atoms with Crippen LogP contribution in [0.25, 0.3) is 5.57 Å². The number of hydrogen-bond donors (Lipinski definition) is 0. The molecule has 2 nitrogen and oxygen atoms in total. The maximum atomic E-state index is 13.9. The maximum absolute atomic E-state index is 13.9. The Balaban J connectivity index is 2.46. The number of hydrogen-bond acceptors (Lipinski definition) is 2. The zero-order valence-corrected chi connectivity index (χ0v) is 11.8. The Labute approximate surface area is 121 Å². The molecule has 0 aliphatic heterocycles. The van der Waals surface area contributed by atoms with E-state index < -0.39 is 17.4 Å².